The molecule has 0 aliphatic heterocycles. The van der Waals surface area contributed by atoms with E-state index >= 15 is 0 Å². The topological polar surface area (TPSA) is 50.1 Å². The lowest BCUT2D eigenvalue weighted by molar-refractivity contribution is 0.236. The van der Waals surface area contributed by atoms with E-state index in [2.05, 4.69) is 20.9 Å². The van der Waals surface area contributed by atoms with Crippen molar-refractivity contribution in [3.8, 4) is 0 Å². The van der Waals surface area contributed by atoms with Gasteiger partial charge in [0, 0.05) is 7.05 Å². The number of aromatic nitrogens is 2. The largest absolute Gasteiger partial charge is 0.394 e. The first-order valence-corrected chi connectivity index (χ1v) is 6.55. The molecule has 1 aliphatic rings. The third kappa shape index (κ3) is 2.13. The molecule has 0 spiro atoms. The first kappa shape index (κ1) is 11.7. The monoisotopic (exact) mass is 245 g/mol. The second kappa shape index (κ2) is 4.71. The van der Waals surface area contributed by atoms with Crippen LogP contribution in [0, 0.1) is 5.92 Å². The molecule has 1 aromatic heterocycles. The van der Waals surface area contributed by atoms with Crippen molar-refractivity contribution in [2.75, 3.05) is 13.2 Å². The lowest BCUT2D eigenvalue weighted by Gasteiger charge is -2.15. The maximum atomic E-state index is 9.55. The minimum atomic E-state index is -0.0667. The fraction of sp³-hybridized carbons (Fsp3) is 0.500. The third-order valence-corrected chi connectivity index (χ3v) is 3.67. The van der Waals surface area contributed by atoms with Gasteiger partial charge in [-0.25, -0.2) is 4.98 Å². The van der Waals surface area contributed by atoms with Crippen molar-refractivity contribution in [1.29, 1.82) is 0 Å². The summed E-state index contributed by atoms with van der Waals surface area (Å²) in [5.74, 6) is 1.72. The molecule has 0 saturated heterocycles. The Morgan fingerprint density at radius 2 is 2.22 bits per heavy atom. The SMILES string of the molecule is Cn1c(C(CO)NCC2CC2)nc2ccccc21. The van der Waals surface area contributed by atoms with Crippen LogP contribution in [-0.2, 0) is 7.05 Å². The first-order valence-electron chi connectivity index (χ1n) is 6.55. The van der Waals surface area contributed by atoms with Gasteiger partial charge in [-0.15, -0.1) is 0 Å². The summed E-state index contributed by atoms with van der Waals surface area (Å²) < 4.78 is 2.07. The molecule has 96 valence electrons. The maximum Gasteiger partial charge on any atom is 0.129 e. The lowest BCUT2D eigenvalue weighted by Crippen LogP contribution is -2.28. The van der Waals surface area contributed by atoms with Crippen LogP contribution in [0.4, 0.5) is 0 Å². The molecule has 1 atom stereocenters. The molecule has 4 heteroatoms. The van der Waals surface area contributed by atoms with E-state index < -0.39 is 0 Å². The predicted octanol–water partition coefficient (Wildman–Crippen LogP) is 1.61. The Morgan fingerprint density at radius 1 is 1.44 bits per heavy atom. The highest BCUT2D eigenvalue weighted by Crippen LogP contribution is 2.28. The number of nitrogens with one attached hydrogen (secondary N) is 1. The molecule has 1 aromatic carbocycles. The van der Waals surface area contributed by atoms with Crippen LogP contribution in [0.5, 0.6) is 0 Å². The van der Waals surface area contributed by atoms with E-state index in [4.69, 9.17) is 0 Å². The zero-order chi connectivity index (χ0) is 12.5. The van der Waals surface area contributed by atoms with Gasteiger partial charge >= 0.3 is 0 Å². The second-order valence-electron chi connectivity index (χ2n) is 5.10. The summed E-state index contributed by atoms with van der Waals surface area (Å²) in [6, 6.07) is 8.00. The van der Waals surface area contributed by atoms with Gasteiger partial charge in [0.1, 0.15) is 5.82 Å². The number of aliphatic hydroxyl groups is 1. The standard InChI is InChI=1S/C14H19N3O/c1-17-13-5-3-2-4-11(13)16-14(17)12(9-18)15-8-10-6-7-10/h2-5,10,12,15,18H,6-9H2,1H3. The lowest BCUT2D eigenvalue weighted by atomic mass is 10.2. The van der Waals surface area contributed by atoms with Gasteiger partial charge in [-0.1, -0.05) is 12.1 Å². The van der Waals surface area contributed by atoms with Crippen molar-refractivity contribution in [2.24, 2.45) is 13.0 Å². The van der Waals surface area contributed by atoms with Gasteiger partial charge in [-0.2, -0.15) is 0 Å². The minimum Gasteiger partial charge on any atom is -0.394 e. The molecule has 3 rings (SSSR count). The molecule has 1 unspecified atom stereocenters. The molecule has 1 aliphatic carbocycles. The summed E-state index contributed by atoms with van der Waals surface area (Å²) in [4.78, 5) is 4.62. The van der Waals surface area contributed by atoms with Crippen LogP contribution in [0.25, 0.3) is 11.0 Å². The van der Waals surface area contributed by atoms with E-state index in [0.717, 1.165) is 29.3 Å². The average Bonchev–Trinajstić information content (AvgIpc) is 3.16. The molecule has 1 heterocycles. The number of rotatable bonds is 5. The van der Waals surface area contributed by atoms with Gasteiger partial charge in [0.25, 0.3) is 0 Å². The molecule has 18 heavy (non-hydrogen) atoms. The summed E-state index contributed by atoms with van der Waals surface area (Å²) in [5.41, 5.74) is 2.10. The van der Waals surface area contributed by atoms with Crippen molar-refractivity contribution < 1.29 is 5.11 Å². The highest BCUT2D eigenvalue weighted by molar-refractivity contribution is 5.75. The van der Waals surface area contributed by atoms with Crippen molar-refractivity contribution in [3.05, 3.63) is 30.1 Å². The van der Waals surface area contributed by atoms with E-state index in [1.807, 2.05) is 25.2 Å². The summed E-state index contributed by atoms with van der Waals surface area (Å²) >= 11 is 0. The quantitative estimate of drug-likeness (QED) is 0.841. The van der Waals surface area contributed by atoms with Crippen LogP contribution >= 0.6 is 0 Å². The number of para-hydroxylation sites is 2. The normalized spacial score (nSPS) is 17.2. The molecule has 0 radical (unpaired) electrons. The van der Waals surface area contributed by atoms with Gasteiger partial charge < -0.3 is 15.0 Å². The van der Waals surface area contributed by atoms with Gasteiger partial charge in [0.05, 0.1) is 23.7 Å². The smallest absolute Gasteiger partial charge is 0.129 e. The zero-order valence-electron chi connectivity index (χ0n) is 10.6. The average molecular weight is 245 g/mol. The third-order valence-electron chi connectivity index (χ3n) is 3.67. The number of aryl methyl sites for hydroxylation is 1. The Balaban J connectivity index is 1.87. The van der Waals surface area contributed by atoms with Gasteiger partial charge in [-0.3, -0.25) is 0 Å². The number of imidazole rings is 1. The second-order valence-corrected chi connectivity index (χ2v) is 5.10. The highest BCUT2D eigenvalue weighted by atomic mass is 16.3. The number of aliphatic hydroxyl groups excluding tert-OH is 1. The van der Waals surface area contributed by atoms with E-state index in [0.29, 0.717) is 0 Å². The molecule has 4 nitrogen and oxygen atoms in total. The Hall–Kier alpha value is -1.39. The van der Waals surface area contributed by atoms with Crippen LogP contribution in [0.2, 0.25) is 0 Å². The van der Waals surface area contributed by atoms with E-state index in [-0.39, 0.29) is 12.6 Å². The summed E-state index contributed by atoms with van der Waals surface area (Å²) in [7, 11) is 2.01. The van der Waals surface area contributed by atoms with Crippen LogP contribution in [0.15, 0.2) is 24.3 Å². The molecule has 2 N–H and O–H groups in total. The first-order chi connectivity index (χ1) is 8.79. The van der Waals surface area contributed by atoms with Crippen LogP contribution in [-0.4, -0.2) is 27.8 Å². The van der Waals surface area contributed by atoms with Crippen LogP contribution in [0.1, 0.15) is 24.7 Å². The van der Waals surface area contributed by atoms with Gasteiger partial charge in [0.15, 0.2) is 0 Å². The summed E-state index contributed by atoms with van der Waals surface area (Å²) in [6.07, 6.45) is 2.63. The Bertz CT molecular complexity index is 545. The number of nitrogens with zero attached hydrogens (tertiary/aromatic N) is 2. The highest BCUT2D eigenvalue weighted by Gasteiger charge is 2.24. The molecule has 1 fully saturated rings. The van der Waals surface area contributed by atoms with E-state index in [1.165, 1.54) is 12.8 Å². The van der Waals surface area contributed by atoms with Crippen molar-refractivity contribution in [3.63, 3.8) is 0 Å². The fourth-order valence-electron chi connectivity index (χ4n) is 2.34. The number of hydrogen-bond donors (Lipinski definition) is 2. The molecule has 2 aromatic rings. The van der Waals surface area contributed by atoms with E-state index in [9.17, 15) is 5.11 Å². The molecule has 0 bridgehead atoms. The molecule has 0 amide bonds. The molecule has 1 saturated carbocycles. The van der Waals surface area contributed by atoms with E-state index in [1.54, 1.807) is 0 Å². The number of fused-ring (bicyclic) bond motifs is 1. The minimum absolute atomic E-state index is 0.0667. The van der Waals surface area contributed by atoms with Crippen molar-refractivity contribution >= 4 is 11.0 Å². The predicted molar refractivity (Wildman–Crippen MR) is 71.3 cm³/mol. The summed E-state index contributed by atoms with van der Waals surface area (Å²) in [6.45, 7) is 1.07. The van der Waals surface area contributed by atoms with Crippen LogP contribution in [0.3, 0.4) is 0 Å². The van der Waals surface area contributed by atoms with Crippen molar-refractivity contribution in [2.45, 2.75) is 18.9 Å². The zero-order valence-corrected chi connectivity index (χ0v) is 10.6. The molecular formula is C14H19N3O. The van der Waals surface area contributed by atoms with Gasteiger partial charge in [-0.05, 0) is 37.4 Å². The fourth-order valence-corrected chi connectivity index (χ4v) is 2.34. The van der Waals surface area contributed by atoms with Crippen molar-refractivity contribution in [1.82, 2.24) is 14.9 Å². The summed E-state index contributed by atoms with van der Waals surface area (Å²) in [5, 5.41) is 13.0. The maximum absolute atomic E-state index is 9.55. The number of benzene rings is 1. The van der Waals surface area contributed by atoms with Gasteiger partial charge in [0.2, 0.25) is 0 Å². The Morgan fingerprint density at radius 3 is 2.89 bits per heavy atom. The van der Waals surface area contributed by atoms with Crippen LogP contribution < -0.4 is 5.32 Å². The number of hydrogen-bond acceptors (Lipinski definition) is 3. The Labute approximate surface area is 107 Å². The molecular weight excluding hydrogens is 226 g/mol. The Kier molecular flexibility index (Phi) is 3.06.